The summed E-state index contributed by atoms with van der Waals surface area (Å²) in [6, 6.07) is 8.92. The number of nitroso groups, excluding NO2 is 1. The first-order chi connectivity index (χ1) is 7.78. The van der Waals surface area contributed by atoms with Crippen LogP contribution in [0.25, 0.3) is 0 Å². The maximum Gasteiger partial charge on any atom is 0.108 e. The van der Waals surface area contributed by atoms with Crippen LogP contribution < -0.4 is 4.90 Å². The van der Waals surface area contributed by atoms with Crippen LogP contribution in [0.15, 0.2) is 29.4 Å². The molecular formula is C12H15N3O. The Morgan fingerprint density at radius 3 is 2.44 bits per heavy atom. The first-order valence-electron chi connectivity index (χ1n) is 5.68. The van der Waals surface area contributed by atoms with Crippen LogP contribution in [0, 0.1) is 4.91 Å². The zero-order valence-corrected chi connectivity index (χ0v) is 9.34. The van der Waals surface area contributed by atoms with Gasteiger partial charge in [-0.05, 0) is 42.9 Å². The number of likely N-dealkylation sites (N-methyl/N-ethyl adjacent to an activating group) is 1. The van der Waals surface area contributed by atoms with Crippen molar-refractivity contribution in [1.82, 2.24) is 4.90 Å². The van der Waals surface area contributed by atoms with Crippen molar-refractivity contribution < 1.29 is 0 Å². The van der Waals surface area contributed by atoms with Gasteiger partial charge in [0.15, 0.2) is 0 Å². The lowest BCUT2D eigenvalue weighted by molar-refractivity contribution is 0.292. The van der Waals surface area contributed by atoms with Crippen molar-refractivity contribution in [3.63, 3.8) is 0 Å². The Hall–Kier alpha value is -1.42. The molecule has 0 radical (unpaired) electrons. The van der Waals surface area contributed by atoms with E-state index in [0.717, 1.165) is 13.1 Å². The van der Waals surface area contributed by atoms with Crippen molar-refractivity contribution in [2.75, 3.05) is 25.0 Å². The third kappa shape index (κ3) is 1.41. The summed E-state index contributed by atoms with van der Waals surface area (Å²) in [4.78, 5) is 15.2. The third-order valence-corrected chi connectivity index (χ3v) is 3.80. The van der Waals surface area contributed by atoms with Gasteiger partial charge in [-0.2, -0.15) is 0 Å². The zero-order chi connectivity index (χ0) is 11.1. The molecule has 2 heterocycles. The highest BCUT2D eigenvalue weighted by atomic mass is 16.3. The number of hydrogen-bond donors (Lipinski definition) is 0. The molecule has 16 heavy (non-hydrogen) atoms. The molecule has 1 aromatic rings. The summed E-state index contributed by atoms with van der Waals surface area (Å²) in [5.41, 5.74) is 1.72. The quantitative estimate of drug-likeness (QED) is 0.711. The molecule has 2 bridgehead atoms. The second kappa shape index (κ2) is 3.56. The topological polar surface area (TPSA) is 35.9 Å². The molecule has 0 aromatic heterocycles. The molecule has 4 nitrogen and oxygen atoms in total. The second-order valence-corrected chi connectivity index (χ2v) is 4.74. The van der Waals surface area contributed by atoms with Crippen molar-refractivity contribution in [3.8, 4) is 0 Å². The predicted molar refractivity (Wildman–Crippen MR) is 64.1 cm³/mol. The predicted octanol–water partition coefficient (Wildman–Crippen LogP) is 1.98. The molecule has 2 aliphatic rings. The summed E-state index contributed by atoms with van der Waals surface area (Å²) in [5, 5.41) is 2.92. The summed E-state index contributed by atoms with van der Waals surface area (Å²) in [6.45, 7) is 2.26. The minimum absolute atomic E-state index is 0.505. The molecule has 3 rings (SSSR count). The Kier molecular flexibility index (Phi) is 2.17. The standard InChI is InChI=1S/C12H15N3O/c1-14-7-12-6-11(14)8-15(12)10-4-2-9(13-16)3-5-10/h2-5,11-12H,6-8H2,1H3. The Balaban J connectivity index is 1.81. The lowest BCUT2D eigenvalue weighted by Gasteiger charge is -2.33. The fraction of sp³-hybridized carbons (Fsp3) is 0.500. The number of nitrogens with zero attached hydrogens (tertiary/aromatic N) is 3. The molecule has 2 atom stereocenters. The average molecular weight is 217 g/mol. The Labute approximate surface area is 94.8 Å². The first-order valence-corrected chi connectivity index (χ1v) is 5.68. The number of piperazine rings is 1. The molecule has 2 aliphatic heterocycles. The van der Waals surface area contributed by atoms with E-state index in [-0.39, 0.29) is 0 Å². The highest BCUT2D eigenvalue weighted by Gasteiger charge is 2.41. The van der Waals surface area contributed by atoms with Crippen LogP contribution in [0.2, 0.25) is 0 Å². The minimum atomic E-state index is 0.505. The molecule has 0 saturated carbocycles. The summed E-state index contributed by atoms with van der Waals surface area (Å²) in [7, 11) is 2.20. The van der Waals surface area contributed by atoms with Crippen LogP contribution in [-0.2, 0) is 0 Å². The molecule has 0 aliphatic carbocycles. The fourth-order valence-electron chi connectivity index (χ4n) is 2.89. The summed E-state index contributed by atoms with van der Waals surface area (Å²) >= 11 is 0. The highest BCUT2D eigenvalue weighted by Crippen LogP contribution is 2.34. The van der Waals surface area contributed by atoms with E-state index in [4.69, 9.17) is 0 Å². The molecule has 2 fully saturated rings. The molecule has 2 unspecified atom stereocenters. The largest absolute Gasteiger partial charge is 0.366 e. The monoisotopic (exact) mass is 217 g/mol. The van der Waals surface area contributed by atoms with Crippen molar-refractivity contribution in [1.29, 1.82) is 0 Å². The normalized spacial score (nSPS) is 28.7. The van der Waals surface area contributed by atoms with Gasteiger partial charge < -0.3 is 4.90 Å². The molecule has 1 aromatic carbocycles. The molecule has 0 N–H and O–H groups in total. The molecule has 84 valence electrons. The van der Waals surface area contributed by atoms with Crippen molar-refractivity contribution in [2.45, 2.75) is 18.5 Å². The second-order valence-electron chi connectivity index (χ2n) is 4.74. The van der Waals surface area contributed by atoms with E-state index in [1.807, 2.05) is 12.1 Å². The van der Waals surface area contributed by atoms with E-state index in [9.17, 15) is 4.91 Å². The van der Waals surface area contributed by atoms with Crippen LogP contribution in [0.3, 0.4) is 0 Å². The van der Waals surface area contributed by atoms with Crippen LogP contribution in [0.4, 0.5) is 11.4 Å². The summed E-state index contributed by atoms with van der Waals surface area (Å²) in [5.74, 6) is 0. The first kappa shape index (κ1) is 9.78. The van der Waals surface area contributed by atoms with Crippen LogP contribution in [0.1, 0.15) is 6.42 Å². The number of likely N-dealkylation sites (tertiary alicyclic amines) is 1. The van der Waals surface area contributed by atoms with Crippen LogP contribution in [0.5, 0.6) is 0 Å². The van der Waals surface area contributed by atoms with Gasteiger partial charge in [-0.15, -0.1) is 4.91 Å². The molecule has 0 amide bonds. The van der Waals surface area contributed by atoms with Crippen LogP contribution >= 0.6 is 0 Å². The van der Waals surface area contributed by atoms with Gasteiger partial charge in [0.25, 0.3) is 0 Å². The van der Waals surface area contributed by atoms with Gasteiger partial charge in [-0.3, -0.25) is 4.90 Å². The van der Waals surface area contributed by atoms with E-state index in [1.165, 1.54) is 12.1 Å². The number of benzene rings is 1. The van der Waals surface area contributed by atoms with Crippen molar-refractivity contribution >= 4 is 11.4 Å². The van der Waals surface area contributed by atoms with Crippen molar-refractivity contribution in [3.05, 3.63) is 29.2 Å². The van der Waals surface area contributed by atoms with Gasteiger partial charge in [-0.1, -0.05) is 0 Å². The van der Waals surface area contributed by atoms with Gasteiger partial charge in [0.2, 0.25) is 0 Å². The van der Waals surface area contributed by atoms with E-state index >= 15 is 0 Å². The number of rotatable bonds is 2. The number of fused-ring (bicyclic) bond motifs is 2. The Morgan fingerprint density at radius 1 is 1.19 bits per heavy atom. The lowest BCUT2D eigenvalue weighted by atomic mass is 10.2. The van der Waals surface area contributed by atoms with Gasteiger partial charge in [-0.25, -0.2) is 0 Å². The molecule has 0 spiro atoms. The van der Waals surface area contributed by atoms with Crippen LogP contribution in [-0.4, -0.2) is 37.1 Å². The third-order valence-electron chi connectivity index (χ3n) is 3.80. The van der Waals surface area contributed by atoms with E-state index in [2.05, 4.69) is 22.0 Å². The Morgan fingerprint density at radius 2 is 1.94 bits per heavy atom. The van der Waals surface area contributed by atoms with E-state index in [0.29, 0.717) is 17.8 Å². The van der Waals surface area contributed by atoms with Gasteiger partial charge in [0.1, 0.15) is 5.69 Å². The fourth-order valence-corrected chi connectivity index (χ4v) is 2.89. The van der Waals surface area contributed by atoms with Crippen molar-refractivity contribution in [2.24, 2.45) is 5.18 Å². The summed E-state index contributed by atoms with van der Waals surface area (Å²) in [6.07, 6.45) is 1.27. The average Bonchev–Trinajstić information content (AvgIpc) is 2.88. The highest BCUT2D eigenvalue weighted by molar-refractivity contribution is 5.55. The molecule has 4 heteroatoms. The number of hydrogen-bond acceptors (Lipinski definition) is 4. The Bertz CT molecular complexity index is 401. The molecular weight excluding hydrogens is 202 g/mol. The van der Waals surface area contributed by atoms with Gasteiger partial charge in [0, 0.05) is 30.9 Å². The maximum atomic E-state index is 10.3. The van der Waals surface area contributed by atoms with Gasteiger partial charge >= 0.3 is 0 Å². The lowest BCUT2D eigenvalue weighted by Crippen LogP contribution is -2.44. The van der Waals surface area contributed by atoms with Gasteiger partial charge in [0.05, 0.1) is 0 Å². The number of anilines is 1. The minimum Gasteiger partial charge on any atom is -0.366 e. The smallest absolute Gasteiger partial charge is 0.108 e. The van der Waals surface area contributed by atoms with E-state index < -0.39 is 0 Å². The van der Waals surface area contributed by atoms with E-state index in [1.54, 1.807) is 12.1 Å². The SMILES string of the molecule is CN1CC2CC1CN2c1ccc(N=O)cc1. The maximum absolute atomic E-state index is 10.3. The zero-order valence-electron chi connectivity index (χ0n) is 9.34. The summed E-state index contributed by atoms with van der Waals surface area (Å²) < 4.78 is 0. The molecule has 2 saturated heterocycles.